The van der Waals surface area contributed by atoms with Gasteiger partial charge < -0.3 is 15.4 Å². The number of ether oxygens (including phenoxy) is 1. The van der Waals surface area contributed by atoms with Crippen molar-refractivity contribution in [1.29, 1.82) is 0 Å². The lowest BCUT2D eigenvalue weighted by molar-refractivity contribution is -0.135. The van der Waals surface area contributed by atoms with E-state index in [9.17, 15) is 4.79 Å². The van der Waals surface area contributed by atoms with Crippen LogP contribution in [0.3, 0.4) is 0 Å². The average molecular weight is 342 g/mol. The highest BCUT2D eigenvalue weighted by atomic mass is 35.5. The molecule has 2 heterocycles. The van der Waals surface area contributed by atoms with E-state index in [2.05, 4.69) is 11.8 Å². The third-order valence-corrected chi connectivity index (χ3v) is 4.27. The molecule has 126 valence electrons. The van der Waals surface area contributed by atoms with Crippen molar-refractivity contribution < 1.29 is 9.53 Å². The SMILES string of the molecule is CCCC(C)(N)C(=O)N1CCC(N2CCOCC2)C1.Cl.Cl. The summed E-state index contributed by atoms with van der Waals surface area (Å²) in [5.74, 6) is 0.116. The van der Waals surface area contributed by atoms with Crippen molar-refractivity contribution in [3.63, 3.8) is 0 Å². The molecule has 2 aliphatic rings. The van der Waals surface area contributed by atoms with Crippen LogP contribution in [0.1, 0.15) is 33.1 Å². The summed E-state index contributed by atoms with van der Waals surface area (Å²) >= 11 is 0. The lowest BCUT2D eigenvalue weighted by Crippen LogP contribution is -2.53. The minimum atomic E-state index is -0.700. The smallest absolute Gasteiger partial charge is 0.242 e. The molecular weight excluding hydrogens is 313 g/mol. The van der Waals surface area contributed by atoms with Gasteiger partial charge in [0.2, 0.25) is 5.91 Å². The van der Waals surface area contributed by atoms with Gasteiger partial charge in [0.15, 0.2) is 0 Å². The van der Waals surface area contributed by atoms with Crippen LogP contribution in [0, 0.1) is 0 Å². The van der Waals surface area contributed by atoms with Crippen LogP contribution < -0.4 is 5.73 Å². The molecule has 0 aromatic rings. The standard InChI is InChI=1S/C14H27N3O2.2ClH/c1-3-5-14(2,15)13(18)17-6-4-12(11-17)16-7-9-19-10-8-16;;/h12H,3-11,15H2,1-2H3;2*1H. The molecule has 0 saturated carbocycles. The van der Waals surface area contributed by atoms with E-state index in [0.717, 1.165) is 58.7 Å². The number of rotatable bonds is 4. The fourth-order valence-corrected chi connectivity index (χ4v) is 3.15. The normalized spacial score (nSPS) is 25.7. The molecule has 0 aliphatic carbocycles. The molecule has 0 aromatic carbocycles. The van der Waals surface area contributed by atoms with Gasteiger partial charge in [-0.1, -0.05) is 13.3 Å². The Morgan fingerprint density at radius 1 is 1.29 bits per heavy atom. The molecule has 2 saturated heterocycles. The maximum absolute atomic E-state index is 12.4. The molecule has 2 aliphatic heterocycles. The number of likely N-dealkylation sites (tertiary alicyclic amines) is 1. The predicted octanol–water partition coefficient (Wildman–Crippen LogP) is 1.28. The zero-order valence-corrected chi connectivity index (χ0v) is 14.7. The van der Waals surface area contributed by atoms with Gasteiger partial charge in [-0.3, -0.25) is 9.69 Å². The van der Waals surface area contributed by atoms with E-state index < -0.39 is 5.54 Å². The van der Waals surface area contributed by atoms with Crippen LogP contribution in [0.4, 0.5) is 0 Å². The second kappa shape index (κ2) is 9.16. The van der Waals surface area contributed by atoms with Gasteiger partial charge in [0.25, 0.3) is 0 Å². The molecule has 2 unspecified atom stereocenters. The zero-order valence-electron chi connectivity index (χ0n) is 13.0. The second-order valence-corrected chi connectivity index (χ2v) is 6.01. The summed E-state index contributed by atoms with van der Waals surface area (Å²) in [4.78, 5) is 16.8. The predicted molar refractivity (Wildman–Crippen MR) is 89.4 cm³/mol. The van der Waals surface area contributed by atoms with E-state index >= 15 is 0 Å². The van der Waals surface area contributed by atoms with Crippen LogP contribution in [-0.4, -0.2) is 66.7 Å². The quantitative estimate of drug-likeness (QED) is 0.836. The molecule has 2 fully saturated rings. The Morgan fingerprint density at radius 2 is 1.90 bits per heavy atom. The number of nitrogens with zero attached hydrogens (tertiary/aromatic N) is 2. The molecule has 2 N–H and O–H groups in total. The Hall–Kier alpha value is -0.0700. The Labute approximate surface area is 140 Å². The van der Waals surface area contributed by atoms with Gasteiger partial charge in [0.05, 0.1) is 18.8 Å². The number of carbonyl (C=O) groups is 1. The second-order valence-electron chi connectivity index (χ2n) is 6.01. The van der Waals surface area contributed by atoms with Gasteiger partial charge in [0, 0.05) is 32.2 Å². The third-order valence-electron chi connectivity index (χ3n) is 4.27. The van der Waals surface area contributed by atoms with Crippen molar-refractivity contribution in [1.82, 2.24) is 9.80 Å². The Kier molecular flexibility index (Phi) is 9.12. The highest BCUT2D eigenvalue weighted by Gasteiger charge is 2.37. The number of carbonyl (C=O) groups excluding carboxylic acids is 1. The fraction of sp³-hybridized carbons (Fsp3) is 0.929. The molecule has 0 radical (unpaired) electrons. The average Bonchev–Trinajstić information content (AvgIpc) is 2.88. The van der Waals surface area contributed by atoms with Crippen molar-refractivity contribution in [2.45, 2.75) is 44.7 Å². The summed E-state index contributed by atoms with van der Waals surface area (Å²) in [6.07, 6.45) is 2.76. The molecule has 0 bridgehead atoms. The van der Waals surface area contributed by atoms with E-state index in [1.54, 1.807) is 0 Å². The lowest BCUT2D eigenvalue weighted by Gasteiger charge is -2.33. The Morgan fingerprint density at radius 3 is 2.48 bits per heavy atom. The van der Waals surface area contributed by atoms with Crippen molar-refractivity contribution in [2.75, 3.05) is 39.4 Å². The molecule has 7 heteroatoms. The first-order chi connectivity index (χ1) is 9.04. The monoisotopic (exact) mass is 341 g/mol. The summed E-state index contributed by atoms with van der Waals surface area (Å²) in [6, 6.07) is 0.491. The summed E-state index contributed by atoms with van der Waals surface area (Å²) in [7, 11) is 0. The Balaban J connectivity index is 0.00000200. The van der Waals surface area contributed by atoms with E-state index in [1.165, 1.54) is 0 Å². The van der Waals surface area contributed by atoms with Crippen LogP contribution in [0.15, 0.2) is 0 Å². The highest BCUT2D eigenvalue weighted by Crippen LogP contribution is 2.21. The van der Waals surface area contributed by atoms with Crippen LogP contribution >= 0.6 is 24.8 Å². The van der Waals surface area contributed by atoms with Crippen molar-refractivity contribution in [3.05, 3.63) is 0 Å². The maximum atomic E-state index is 12.4. The fourth-order valence-electron chi connectivity index (χ4n) is 3.15. The molecule has 5 nitrogen and oxygen atoms in total. The van der Waals surface area contributed by atoms with Crippen LogP contribution in [0.2, 0.25) is 0 Å². The van der Waals surface area contributed by atoms with E-state index in [0.29, 0.717) is 6.04 Å². The number of hydrogen-bond donors (Lipinski definition) is 1. The van der Waals surface area contributed by atoms with Gasteiger partial charge in [-0.25, -0.2) is 0 Å². The maximum Gasteiger partial charge on any atom is 0.242 e. The largest absolute Gasteiger partial charge is 0.379 e. The molecule has 1 amide bonds. The van der Waals surface area contributed by atoms with E-state index in [4.69, 9.17) is 10.5 Å². The summed E-state index contributed by atoms with van der Waals surface area (Å²) in [5, 5.41) is 0. The number of halogens is 2. The molecular formula is C14H29Cl2N3O2. The van der Waals surface area contributed by atoms with E-state index in [-0.39, 0.29) is 30.7 Å². The highest BCUT2D eigenvalue weighted by molar-refractivity contribution is 5.86. The molecule has 2 atom stereocenters. The van der Waals surface area contributed by atoms with Gasteiger partial charge in [0.1, 0.15) is 0 Å². The van der Waals surface area contributed by atoms with Crippen molar-refractivity contribution in [3.8, 4) is 0 Å². The number of nitrogens with two attached hydrogens (primary N) is 1. The van der Waals surface area contributed by atoms with Gasteiger partial charge in [-0.05, 0) is 19.8 Å². The summed E-state index contributed by atoms with van der Waals surface area (Å²) < 4.78 is 5.38. The first kappa shape index (κ1) is 20.9. The van der Waals surface area contributed by atoms with Crippen LogP contribution in [0.5, 0.6) is 0 Å². The number of morpholine rings is 1. The van der Waals surface area contributed by atoms with Gasteiger partial charge in [-0.15, -0.1) is 24.8 Å². The molecule has 0 spiro atoms. The third kappa shape index (κ3) is 5.25. The number of hydrogen-bond acceptors (Lipinski definition) is 4. The minimum absolute atomic E-state index is 0. The van der Waals surface area contributed by atoms with Crippen LogP contribution in [-0.2, 0) is 9.53 Å². The Bertz CT molecular complexity index is 323. The molecule has 21 heavy (non-hydrogen) atoms. The van der Waals surface area contributed by atoms with E-state index in [1.807, 2.05) is 11.8 Å². The molecule has 2 rings (SSSR count). The van der Waals surface area contributed by atoms with Crippen molar-refractivity contribution >= 4 is 30.7 Å². The zero-order chi connectivity index (χ0) is 13.9. The molecule has 0 aromatic heterocycles. The minimum Gasteiger partial charge on any atom is -0.379 e. The van der Waals surface area contributed by atoms with Crippen molar-refractivity contribution in [2.24, 2.45) is 5.73 Å². The van der Waals surface area contributed by atoms with Gasteiger partial charge in [-0.2, -0.15) is 0 Å². The summed E-state index contributed by atoms with van der Waals surface area (Å²) in [6.45, 7) is 9.21. The summed E-state index contributed by atoms with van der Waals surface area (Å²) in [5.41, 5.74) is 5.45. The topological polar surface area (TPSA) is 58.8 Å². The first-order valence-electron chi connectivity index (χ1n) is 7.44. The van der Waals surface area contributed by atoms with Gasteiger partial charge >= 0.3 is 0 Å². The van der Waals surface area contributed by atoms with Crippen LogP contribution in [0.25, 0.3) is 0 Å². The lowest BCUT2D eigenvalue weighted by atomic mass is 9.96. The first-order valence-corrected chi connectivity index (χ1v) is 7.44. The number of amides is 1.